The first kappa shape index (κ1) is 18.0. The number of nitrogens with zero attached hydrogens (tertiary/aromatic N) is 2. The van der Waals surface area contributed by atoms with E-state index in [1.807, 2.05) is 37.1 Å². The van der Waals surface area contributed by atoms with Crippen molar-refractivity contribution < 1.29 is 19.1 Å². The van der Waals surface area contributed by atoms with Gasteiger partial charge in [-0.1, -0.05) is 29.8 Å². The second kappa shape index (κ2) is 6.37. The highest BCUT2D eigenvalue weighted by Crippen LogP contribution is 2.41. The molecular formula is C21H21N3O4. The van der Waals surface area contributed by atoms with Crippen molar-refractivity contribution in [1.29, 1.82) is 0 Å². The lowest BCUT2D eigenvalue weighted by Gasteiger charge is -2.45. The molecule has 1 N–H and O–H groups in total. The fraction of sp³-hybridized carbons (Fsp3) is 0.286. The number of hydrogen-bond acceptors (Lipinski definition) is 5. The molecule has 1 saturated heterocycles. The maximum atomic E-state index is 13.6. The average molecular weight is 379 g/mol. The van der Waals surface area contributed by atoms with Gasteiger partial charge >= 0.3 is 6.03 Å². The van der Waals surface area contributed by atoms with Gasteiger partial charge in [-0.05, 0) is 37.1 Å². The summed E-state index contributed by atoms with van der Waals surface area (Å²) in [6, 6.07) is 12.0. The van der Waals surface area contributed by atoms with Gasteiger partial charge in [-0.15, -0.1) is 0 Å². The van der Waals surface area contributed by atoms with E-state index in [1.54, 1.807) is 24.3 Å². The van der Waals surface area contributed by atoms with Crippen LogP contribution in [0.15, 0.2) is 42.5 Å². The number of amides is 4. The van der Waals surface area contributed by atoms with Gasteiger partial charge in [-0.2, -0.15) is 0 Å². The number of methoxy groups -OCH3 is 1. The zero-order valence-corrected chi connectivity index (χ0v) is 16.0. The van der Waals surface area contributed by atoms with Crippen molar-refractivity contribution in [2.24, 2.45) is 5.41 Å². The topological polar surface area (TPSA) is 79.0 Å². The number of anilines is 2. The van der Waals surface area contributed by atoms with Crippen LogP contribution >= 0.6 is 0 Å². The third kappa shape index (κ3) is 2.54. The van der Waals surface area contributed by atoms with Gasteiger partial charge in [0.15, 0.2) is 5.41 Å². The molecule has 0 aromatic heterocycles. The third-order valence-corrected chi connectivity index (χ3v) is 5.44. The Morgan fingerprint density at radius 2 is 1.82 bits per heavy atom. The second-order valence-electron chi connectivity index (χ2n) is 7.32. The largest absolute Gasteiger partial charge is 0.495 e. The molecule has 2 aromatic carbocycles. The monoisotopic (exact) mass is 379 g/mol. The molecule has 2 aliphatic heterocycles. The molecule has 0 aliphatic carbocycles. The van der Waals surface area contributed by atoms with Gasteiger partial charge in [0.25, 0.3) is 5.91 Å². The quantitative estimate of drug-likeness (QED) is 0.810. The van der Waals surface area contributed by atoms with Gasteiger partial charge in [-0.3, -0.25) is 14.9 Å². The lowest BCUT2D eigenvalue weighted by Crippen LogP contribution is -2.68. The lowest BCUT2D eigenvalue weighted by atomic mass is 9.74. The molecule has 1 fully saturated rings. The van der Waals surface area contributed by atoms with Crippen LogP contribution in [0.25, 0.3) is 0 Å². The maximum Gasteiger partial charge on any atom is 0.335 e. The summed E-state index contributed by atoms with van der Waals surface area (Å²) >= 11 is 0. The number of urea groups is 1. The summed E-state index contributed by atoms with van der Waals surface area (Å²) in [4.78, 5) is 42.0. The van der Waals surface area contributed by atoms with E-state index < -0.39 is 23.3 Å². The van der Waals surface area contributed by atoms with Crippen molar-refractivity contribution in [1.82, 2.24) is 5.32 Å². The Morgan fingerprint density at radius 1 is 1.07 bits per heavy atom. The van der Waals surface area contributed by atoms with Gasteiger partial charge in [0.05, 0.1) is 12.8 Å². The predicted octanol–water partition coefficient (Wildman–Crippen LogP) is 2.27. The molecule has 0 bridgehead atoms. The highest BCUT2D eigenvalue weighted by atomic mass is 16.5. The van der Waals surface area contributed by atoms with E-state index in [4.69, 9.17) is 4.74 Å². The van der Waals surface area contributed by atoms with Crippen molar-refractivity contribution in [3.8, 4) is 5.75 Å². The molecule has 0 radical (unpaired) electrons. The second-order valence-corrected chi connectivity index (χ2v) is 7.32. The Morgan fingerprint density at radius 3 is 2.57 bits per heavy atom. The zero-order valence-electron chi connectivity index (χ0n) is 16.0. The van der Waals surface area contributed by atoms with Crippen LogP contribution in [-0.2, 0) is 16.0 Å². The number of fused-ring (bicyclic) bond motifs is 1. The Hall–Kier alpha value is -3.35. The molecule has 7 heteroatoms. The summed E-state index contributed by atoms with van der Waals surface area (Å²) in [5, 5.41) is 2.38. The minimum absolute atomic E-state index is 0.187. The SMILES string of the molecule is COc1ccccc1N1C(=O)NC(=O)[C@@]2(Cc3cc(C)ccc3N(C)C2)C1=O. The van der Waals surface area contributed by atoms with Crippen LogP contribution in [-0.4, -0.2) is 38.5 Å². The van der Waals surface area contributed by atoms with Crippen molar-refractivity contribution >= 4 is 29.2 Å². The fourth-order valence-electron chi connectivity index (χ4n) is 4.10. The molecule has 2 aromatic rings. The van der Waals surface area contributed by atoms with Gasteiger partial charge in [0.1, 0.15) is 5.75 Å². The normalized spacial score (nSPS) is 21.6. The smallest absolute Gasteiger partial charge is 0.335 e. The van der Waals surface area contributed by atoms with Crippen LogP contribution in [0.1, 0.15) is 11.1 Å². The summed E-state index contributed by atoms with van der Waals surface area (Å²) in [6.45, 7) is 2.15. The highest BCUT2D eigenvalue weighted by Gasteiger charge is 2.57. The van der Waals surface area contributed by atoms with E-state index in [9.17, 15) is 14.4 Å². The standard InChI is InChI=1S/C21H21N3O4/c1-13-8-9-15-14(10-13)11-21(12-23(15)2)18(25)22-20(27)24(19(21)26)16-6-4-5-7-17(16)28-3/h4-10H,11-12H2,1-3H3,(H,22,25,27)/t21-/m0/s1. The molecule has 2 aliphatic rings. The number of hydrogen-bond donors (Lipinski definition) is 1. The number of carbonyl (C=O) groups excluding carboxylic acids is 3. The van der Waals surface area contributed by atoms with Crippen LogP contribution in [0.2, 0.25) is 0 Å². The Balaban J connectivity index is 1.82. The van der Waals surface area contributed by atoms with Crippen molar-refractivity contribution in [3.63, 3.8) is 0 Å². The van der Waals surface area contributed by atoms with E-state index in [2.05, 4.69) is 5.32 Å². The number of aryl methyl sites for hydroxylation is 1. The first-order valence-electron chi connectivity index (χ1n) is 9.01. The van der Waals surface area contributed by atoms with Crippen LogP contribution < -0.4 is 19.9 Å². The molecule has 0 unspecified atom stereocenters. The van der Waals surface area contributed by atoms with Crippen LogP contribution in [0.4, 0.5) is 16.2 Å². The Kier molecular flexibility index (Phi) is 4.10. The number of nitrogens with one attached hydrogen (secondary N) is 1. The number of imide groups is 2. The molecule has 1 spiro atoms. The molecular weight excluding hydrogens is 358 g/mol. The van der Waals surface area contributed by atoms with Crippen molar-refractivity contribution in [2.45, 2.75) is 13.3 Å². The number of benzene rings is 2. The summed E-state index contributed by atoms with van der Waals surface area (Å²) in [5.74, 6) is -0.715. The third-order valence-electron chi connectivity index (χ3n) is 5.44. The van der Waals surface area contributed by atoms with Crippen molar-refractivity contribution in [2.75, 3.05) is 30.5 Å². The van der Waals surface area contributed by atoms with Crippen molar-refractivity contribution in [3.05, 3.63) is 53.6 Å². The van der Waals surface area contributed by atoms with Gasteiger partial charge in [0.2, 0.25) is 5.91 Å². The van der Waals surface area contributed by atoms with E-state index in [0.717, 1.165) is 21.7 Å². The highest BCUT2D eigenvalue weighted by molar-refractivity contribution is 6.30. The fourth-order valence-corrected chi connectivity index (χ4v) is 4.10. The minimum atomic E-state index is -1.38. The Labute approximate surface area is 162 Å². The molecule has 7 nitrogen and oxygen atoms in total. The molecule has 4 amide bonds. The van der Waals surface area contributed by atoms with E-state index >= 15 is 0 Å². The summed E-state index contributed by atoms with van der Waals surface area (Å²) in [5.41, 5.74) is 1.87. The van der Waals surface area contributed by atoms with E-state index in [0.29, 0.717) is 11.4 Å². The first-order valence-corrected chi connectivity index (χ1v) is 9.01. The number of para-hydroxylation sites is 2. The summed E-state index contributed by atoms with van der Waals surface area (Å²) in [6.07, 6.45) is 0.234. The molecule has 0 saturated carbocycles. The van der Waals surface area contributed by atoms with Gasteiger partial charge in [0, 0.05) is 19.3 Å². The maximum absolute atomic E-state index is 13.6. The minimum Gasteiger partial charge on any atom is -0.495 e. The summed E-state index contributed by atoms with van der Waals surface area (Å²) < 4.78 is 5.32. The van der Waals surface area contributed by atoms with Gasteiger partial charge < -0.3 is 9.64 Å². The number of carbonyl (C=O) groups is 3. The zero-order chi connectivity index (χ0) is 20.1. The average Bonchev–Trinajstić information content (AvgIpc) is 2.66. The van der Waals surface area contributed by atoms with Crippen LogP contribution in [0, 0.1) is 12.3 Å². The van der Waals surface area contributed by atoms with E-state index in [1.165, 1.54) is 7.11 Å². The van der Waals surface area contributed by atoms with Crippen LogP contribution in [0.3, 0.4) is 0 Å². The van der Waals surface area contributed by atoms with E-state index in [-0.39, 0.29) is 13.0 Å². The summed E-state index contributed by atoms with van der Waals surface area (Å²) in [7, 11) is 3.32. The number of ether oxygens (including phenoxy) is 1. The molecule has 144 valence electrons. The molecule has 4 rings (SSSR count). The number of rotatable bonds is 2. The van der Waals surface area contributed by atoms with Gasteiger partial charge in [-0.25, -0.2) is 9.69 Å². The Bertz CT molecular complexity index is 1000. The first-order chi connectivity index (χ1) is 13.4. The lowest BCUT2D eigenvalue weighted by molar-refractivity contribution is -0.142. The predicted molar refractivity (Wildman–Crippen MR) is 105 cm³/mol. The molecule has 2 heterocycles. The van der Waals surface area contributed by atoms with Crippen LogP contribution in [0.5, 0.6) is 5.75 Å². The molecule has 1 atom stereocenters. The number of barbiturate groups is 1. The molecule has 28 heavy (non-hydrogen) atoms.